The molecule has 31 heavy (non-hydrogen) atoms. The van der Waals surface area contributed by atoms with E-state index in [0.29, 0.717) is 34.5 Å². The van der Waals surface area contributed by atoms with Gasteiger partial charge in [-0.05, 0) is 68.8 Å². The molecule has 5 rings (SSSR count). The van der Waals surface area contributed by atoms with Crippen molar-refractivity contribution in [2.45, 2.75) is 36.7 Å². The summed E-state index contributed by atoms with van der Waals surface area (Å²) < 4.78 is 34.4. The molecule has 164 valence electrons. The molecule has 0 bridgehead atoms. The van der Waals surface area contributed by atoms with Crippen molar-refractivity contribution in [1.29, 1.82) is 0 Å². The van der Waals surface area contributed by atoms with Gasteiger partial charge >= 0.3 is 0 Å². The predicted molar refractivity (Wildman–Crippen MR) is 124 cm³/mol. The Morgan fingerprint density at radius 2 is 1.90 bits per heavy atom. The highest BCUT2D eigenvalue weighted by Gasteiger charge is 2.39. The lowest BCUT2D eigenvalue weighted by molar-refractivity contribution is 0.135. The zero-order chi connectivity index (χ0) is 21.8. The van der Waals surface area contributed by atoms with Crippen LogP contribution >= 0.6 is 15.9 Å². The Morgan fingerprint density at radius 3 is 2.65 bits per heavy atom. The first-order valence-electron chi connectivity index (χ1n) is 10.6. The third-order valence-electron chi connectivity index (χ3n) is 6.39. The van der Waals surface area contributed by atoms with E-state index in [0.717, 1.165) is 29.5 Å². The highest BCUT2D eigenvalue weighted by Crippen LogP contribution is 2.48. The number of hydrogen-bond acceptors (Lipinski definition) is 5. The van der Waals surface area contributed by atoms with E-state index in [-0.39, 0.29) is 4.90 Å². The smallest absolute Gasteiger partial charge is 0.269 e. The monoisotopic (exact) mass is 504 g/mol. The molecule has 0 spiro atoms. The summed E-state index contributed by atoms with van der Waals surface area (Å²) in [4.78, 5) is 2.65. The van der Waals surface area contributed by atoms with Crippen LogP contribution in [0.15, 0.2) is 45.8 Å². The maximum absolute atomic E-state index is 13.4. The lowest BCUT2D eigenvalue weighted by Gasteiger charge is -2.27. The molecule has 3 aromatic rings. The van der Waals surface area contributed by atoms with E-state index in [9.17, 15) is 13.5 Å². The first-order valence-corrected chi connectivity index (χ1v) is 12.8. The topological polar surface area (TPSA) is 71.8 Å². The van der Waals surface area contributed by atoms with Gasteiger partial charge < -0.3 is 14.7 Å². The summed E-state index contributed by atoms with van der Waals surface area (Å²) in [6.07, 6.45) is 3.41. The van der Waals surface area contributed by atoms with Crippen LogP contribution in [0.3, 0.4) is 0 Å². The van der Waals surface area contributed by atoms with E-state index in [1.165, 1.54) is 23.2 Å². The molecule has 2 aliphatic rings. The van der Waals surface area contributed by atoms with Crippen molar-refractivity contribution in [1.82, 2.24) is 8.87 Å². The van der Waals surface area contributed by atoms with Gasteiger partial charge in [-0.15, -0.1) is 0 Å². The normalized spacial score (nSPS) is 18.7. The third kappa shape index (κ3) is 3.40. The van der Waals surface area contributed by atoms with Crippen LogP contribution in [-0.4, -0.2) is 49.1 Å². The van der Waals surface area contributed by atoms with Gasteiger partial charge in [0.1, 0.15) is 5.75 Å². The van der Waals surface area contributed by atoms with E-state index in [4.69, 9.17) is 4.74 Å². The molecule has 2 aromatic carbocycles. The average Bonchev–Trinajstić information content (AvgIpc) is 3.23. The number of nitrogens with zero attached hydrogens (tertiary/aromatic N) is 2. The third-order valence-corrected chi connectivity index (χ3v) is 8.65. The van der Waals surface area contributed by atoms with Gasteiger partial charge in [0.15, 0.2) is 0 Å². The second-order valence-corrected chi connectivity index (χ2v) is 10.9. The number of hydrogen-bond donors (Lipinski definition) is 1. The van der Waals surface area contributed by atoms with E-state index in [1.807, 2.05) is 12.1 Å². The molecular formula is C23H25BrN2O4S. The lowest BCUT2D eigenvalue weighted by Crippen LogP contribution is -2.31. The Bertz CT molecular complexity index is 1260. The molecule has 1 saturated heterocycles. The minimum atomic E-state index is -3.74. The number of rotatable bonds is 5. The van der Waals surface area contributed by atoms with Crippen molar-refractivity contribution in [3.8, 4) is 17.0 Å². The Morgan fingerprint density at radius 1 is 1.13 bits per heavy atom. The SMILES string of the molecule is COc1ccc2c(c1)c(C(O)CCN1CCCCC1)c1n2S(=O)(=O)c2ccc(Br)cc2-1. The number of halogens is 1. The molecule has 1 aromatic heterocycles. The van der Waals surface area contributed by atoms with Gasteiger partial charge in [0.05, 0.1) is 29.3 Å². The van der Waals surface area contributed by atoms with Gasteiger partial charge in [0.25, 0.3) is 10.0 Å². The van der Waals surface area contributed by atoms with Crippen LogP contribution in [0.4, 0.5) is 0 Å². The highest BCUT2D eigenvalue weighted by atomic mass is 79.9. The van der Waals surface area contributed by atoms with Crippen molar-refractivity contribution in [2.24, 2.45) is 0 Å². The molecule has 0 saturated carbocycles. The number of aliphatic hydroxyl groups is 1. The lowest BCUT2D eigenvalue weighted by atomic mass is 9.98. The summed E-state index contributed by atoms with van der Waals surface area (Å²) in [5.41, 5.74) is 2.41. The molecule has 1 unspecified atom stereocenters. The van der Waals surface area contributed by atoms with E-state index >= 15 is 0 Å². The number of aromatic nitrogens is 1. The molecular weight excluding hydrogens is 480 g/mol. The summed E-state index contributed by atoms with van der Waals surface area (Å²) in [5.74, 6) is 0.633. The van der Waals surface area contributed by atoms with Crippen LogP contribution in [0, 0.1) is 0 Å². The van der Waals surface area contributed by atoms with Gasteiger partial charge in [-0.2, -0.15) is 0 Å². The van der Waals surface area contributed by atoms with Crippen molar-refractivity contribution in [3.05, 3.63) is 46.4 Å². The molecule has 8 heteroatoms. The van der Waals surface area contributed by atoms with Gasteiger partial charge in [0, 0.05) is 27.5 Å². The van der Waals surface area contributed by atoms with E-state index in [2.05, 4.69) is 20.8 Å². The summed E-state index contributed by atoms with van der Waals surface area (Å²) in [7, 11) is -2.16. The standard InChI is InChI=1S/C23H25BrN2O4S/c1-30-16-6-7-19-17(14-16)22(20(27)9-12-25-10-3-2-4-11-25)23-18-13-15(24)5-8-21(18)31(28,29)26(19)23/h5-8,13-14,20,27H,2-4,9-12H2,1H3. The van der Waals surface area contributed by atoms with Crippen molar-refractivity contribution in [3.63, 3.8) is 0 Å². The number of likely N-dealkylation sites (tertiary alicyclic amines) is 1. The quantitative estimate of drug-likeness (QED) is 0.431. The minimum Gasteiger partial charge on any atom is -0.497 e. The van der Waals surface area contributed by atoms with Crippen LogP contribution in [0.25, 0.3) is 22.2 Å². The van der Waals surface area contributed by atoms with Gasteiger partial charge in [-0.1, -0.05) is 22.4 Å². The zero-order valence-corrected chi connectivity index (χ0v) is 19.7. The molecule has 1 N–H and O–H groups in total. The Labute approximate surface area is 190 Å². The number of piperidine rings is 1. The maximum Gasteiger partial charge on any atom is 0.269 e. The van der Waals surface area contributed by atoms with E-state index < -0.39 is 16.1 Å². The van der Waals surface area contributed by atoms with Crippen molar-refractivity contribution < 1.29 is 18.3 Å². The number of aliphatic hydroxyl groups excluding tert-OH is 1. The van der Waals surface area contributed by atoms with Crippen LogP contribution in [0.5, 0.6) is 5.75 Å². The Hall–Kier alpha value is -1.87. The maximum atomic E-state index is 13.4. The summed E-state index contributed by atoms with van der Waals surface area (Å²) >= 11 is 3.47. The molecule has 0 amide bonds. The van der Waals surface area contributed by atoms with Crippen LogP contribution in [-0.2, 0) is 10.0 Å². The summed E-state index contributed by atoms with van der Waals surface area (Å²) in [6, 6.07) is 10.5. The molecule has 1 fully saturated rings. The first-order chi connectivity index (χ1) is 14.9. The van der Waals surface area contributed by atoms with Gasteiger partial charge in [0.2, 0.25) is 0 Å². The summed E-state index contributed by atoms with van der Waals surface area (Å²) in [6.45, 7) is 2.90. The average molecular weight is 505 g/mol. The Kier molecular flexibility index (Phi) is 5.37. The number of fused-ring (bicyclic) bond motifs is 5. The van der Waals surface area contributed by atoms with Crippen molar-refractivity contribution >= 4 is 36.9 Å². The zero-order valence-electron chi connectivity index (χ0n) is 17.3. The molecule has 0 radical (unpaired) electrons. The number of ether oxygens (including phenoxy) is 1. The van der Waals surface area contributed by atoms with Crippen LogP contribution in [0.1, 0.15) is 37.4 Å². The fourth-order valence-corrected chi connectivity index (χ4v) is 6.96. The van der Waals surface area contributed by atoms with Crippen LogP contribution < -0.4 is 4.74 Å². The number of methoxy groups -OCH3 is 1. The van der Waals surface area contributed by atoms with Gasteiger partial charge in [-0.3, -0.25) is 0 Å². The first kappa shape index (κ1) is 21.0. The largest absolute Gasteiger partial charge is 0.497 e. The van der Waals surface area contributed by atoms with Crippen LogP contribution in [0.2, 0.25) is 0 Å². The predicted octanol–water partition coefficient (Wildman–Crippen LogP) is 4.54. The second-order valence-electron chi connectivity index (χ2n) is 8.26. The highest BCUT2D eigenvalue weighted by molar-refractivity contribution is 9.10. The van der Waals surface area contributed by atoms with E-state index in [1.54, 1.807) is 31.4 Å². The molecule has 0 aliphatic carbocycles. The number of benzene rings is 2. The Balaban J connectivity index is 1.68. The van der Waals surface area contributed by atoms with Gasteiger partial charge in [-0.25, -0.2) is 12.4 Å². The fourth-order valence-electron chi connectivity index (χ4n) is 4.88. The minimum absolute atomic E-state index is 0.271. The molecule has 6 nitrogen and oxygen atoms in total. The van der Waals surface area contributed by atoms with Crippen molar-refractivity contribution in [2.75, 3.05) is 26.7 Å². The fraction of sp³-hybridized carbons (Fsp3) is 0.391. The molecule has 1 atom stereocenters. The molecule has 3 heterocycles. The summed E-state index contributed by atoms with van der Waals surface area (Å²) in [5, 5.41) is 12.1. The molecule has 2 aliphatic heterocycles. The second kappa shape index (κ2) is 7.92.